The molecule has 0 heterocycles. The van der Waals surface area contributed by atoms with Crippen molar-refractivity contribution < 1.29 is 39.8 Å². The molecule has 0 amide bonds. The van der Waals surface area contributed by atoms with E-state index in [4.69, 9.17) is 22.6 Å². The van der Waals surface area contributed by atoms with Crippen molar-refractivity contribution in [1.82, 2.24) is 0 Å². The molecule has 0 aromatic rings. The van der Waals surface area contributed by atoms with Gasteiger partial charge in [0.15, 0.2) is 0 Å². The molecule has 0 aromatic heterocycles. The zero-order valence-corrected chi connectivity index (χ0v) is 8.79. The van der Waals surface area contributed by atoms with Crippen LogP contribution in [0.5, 0.6) is 0 Å². The van der Waals surface area contributed by atoms with Crippen molar-refractivity contribution in [2.45, 2.75) is 0 Å². The van der Waals surface area contributed by atoms with Crippen molar-refractivity contribution in [3.63, 3.8) is 0 Å². The Hall–Kier alpha value is 0.136. The van der Waals surface area contributed by atoms with Crippen LogP contribution in [0.4, 0.5) is 0 Å². The van der Waals surface area contributed by atoms with Crippen LogP contribution in [-0.2, 0) is 15.2 Å². The van der Waals surface area contributed by atoms with E-state index < -0.39 is 16.4 Å². The van der Waals surface area contributed by atoms with Crippen LogP contribution in [0.3, 0.4) is 0 Å². The summed E-state index contributed by atoms with van der Waals surface area (Å²) in [4.78, 5) is 9.25. The smallest absolute Gasteiger partial charge is 1.00 e. The zero-order chi connectivity index (χ0) is 8.78. The summed E-state index contributed by atoms with van der Waals surface area (Å²) in [5, 5.41) is 7.60. The minimum absolute atomic E-state index is 0. The summed E-state index contributed by atoms with van der Waals surface area (Å²) in [6.45, 7) is 2.96. The molecule has 0 radical (unpaired) electrons. The number of aliphatic carboxylic acids is 1. The monoisotopic (exact) mass is 228 g/mol. The van der Waals surface area contributed by atoms with Gasteiger partial charge in [-0.1, -0.05) is 6.58 Å². The van der Waals surface area contributed by atoms with Gasteiger partial charge in [-0.15, -0.1) is 0 Å². The van der Waals surface area contributed by atoms with Gasteiger partial charge in [-0.05, 0) is 0 Å². The minimum Gasteiger partial charge on any atom is -1.00 e. The first-order chi connectivity index (χ1) is 4.27. The van der Waals surface area contributed by atoms with Crippen LogP contribution in [0.25, 0.3) is 0 Å². The molecule has 0 aliphatic carbocycles. The molecule has 0 rings (SSSR count). The van der Waals surface area contributed by atoms with Crippen LogP contribution in [-0.4, -0.2) is 51.7 Å². The van der Waals surface area contributed by atoms with E-state index in [9.17, 15) is 4.79 Å². The number of hydrogen-bond acceptors (Lipinski definition) is 4. The summed E-state index contributed by atoms with van der Waals surface area (Å²) in [5.41, 5.74) is 0. The van der Waals surface area contributed by atoms with Gasteiger partial charge in [0.1, 0.15) is 0 Å². The number of carbonyl (C=O) groups is 1. The summed E-state index contributed by atoms with van der Waals surface area (Å²) >= 11 is 0. The Bertz CT molecular complexity index is 203. The normalized spacial score (nSPS) is 7.50. The standard InChI is InChI=1S/C3H4O2.ClH.Mg.H2O4S/c1-2-3(4)5;;;1-5(2,3)4/h2H,1H2,(H,4,5);1H;;(H2,1,2,3,4)/q;;+2;/p-2. The van der Waals surface area contributed by atoms with Gasteiger partial charge in [-0.3, -0.25) is 4.55 Å². The van der Waals surface area contributed by atoms with E-state index in [1.165, 1.54) is 0 Å². The topological polar surface area (TPSA) is 115 Å². The van der Waals surface area contributed by atoms with Crippen LogP contribution >= 0.6 is 0 Å². The fourth-order valence-electron chi connectivity index (χ4n) is 0. The van der Waals surface area contributed by atoms with Gasteiger partial charge in [0, 0.05) is 6.08 Å². The third-order valence-electron chi connectivity index (χ3n) is 0.175. The SMILES string of the molecule is C=CC(=O)O.O=S(=O)([O-])O.[Cl-].[Mg+2]. The second-order valence-electron chi connectivity index (χ2n) is 0.970. The Morgan fingerprint density at radius 2 is 1.58 bits per heavy atom. The molecular weight excluding hydrogens is 224 g/mol. The number of hydrogen-bond donors (Lipinski definition) is 2. The van der Waals surface area contributed by atoms with Gasteiger partial charge in [0.05, 0.1) is 0 Å². The fourth-order valence-corrected chi connectivity index (χ4v) is 0. The van der Waals surface area contributed by atoms with E-state index in [0.29, 0.717) is 0 Å². The molecule has 9 heteroatoms. The molecule has 0 atom stereocenters. The third kappa shape index (κ3) is 185. The molecule has 0 aromatic carbocycles. The third-order valence-corrected chi connectivity index (χ3v) is 0.175. The van der Waals surface area contributed by atoms with E-state index in [-0.39, 0.29) is 35.5 Å². The summed E-state index contributed by atoms with van der Waals surface area (Å²) in [7, 11) is -4.92. The quantitative estimate of drug-likeness (QED) is 0.204. The molecule has 0 aliphatic heterocycles. The average Bonchev–Trinajstić information content (AvgIpc) is 1.61. The summed E-state index contributed by atoms with van der Waals surface area (Å²) in [6, 6.07) is 0. The van der Waals surface area contributed by atoms with Crippen molar-refractivity contribution in [2.75, 3.05) is 0 Å². The molecule has 0 bridgehead atoms. The van der Waals surface area contributed by atoms with E-state index in [2.05, 4.69) is 6.58 Å². The Morgan fingerprint density at radius 3 is 1.58 bits per heavy atom. The first-order valence-corrected chi connectivity index (χ1v) is 3.17. The Labute approximate surface area is 91.8 Å². The Kier molecular flexibility index (Phi) is 21.1. The van der Waals surface area contributed by atoms with Crippen LogP contribution in [0.2, 0.25) is 0 Å². The maximum Gasteiger partial charge on any atom is 2.00 e. The van der Waals surface area contributed by atoms with Crippen molar-refractivity contribution >= 4 is 39.4 Å². The predicted octanol–water partition coefficient (Wildman–Crippen LogP) is -4.12. The van der Waals surface area contributed by atoms with E-state index in [1.54, 1.807) is 0 Å². The van der Waals surface area contributed by atoms with Gasteiger partial charge in [0.2, 0.25) is 10.4 Å². The van der Waals surface area contributed by atoms with Crippen LogP contribution in [0.15, 0.2) is 12.7 Å². The second kappa shape index (κ2) is 11.1. The Balaban J connectivity index is -0.0000000457. The molecular formula is C3H5ClMgO6S. The van der Waals surface area contributed by atoms with Crippen LogP contribution in [0, 0.1) is 0 Å². The van der Waals surface area contributed by atoms with E-state index in [1.807, 2.05) is 0 Å². The van der Waals surface area contributed by atoms with Crippen molar-refractivity contribution in [3.05, 3.63) is 12.7 Å². The number of halogens is 1. The molecule has 0 spiro atoms. The first kappa shape index (κ1) is 22.7. The average molecular weight is 229 g/mol. The molecule has 0 fully saturated rings. The van der Waals surface area contributed by atoms with E-state index in [0.717, 1.165) is 6.08 Å². The zero-order valence-electron chi connectivity index (χ0n) is 5.81. The number of rotatable bonds is 1. The number of carboxylic acids is 1. The molecule has 0 saturated heterocycles. The van der Waals surface area contributed by atoms with Gasteiger partial charge in [-0.25, -0.2) is 13.2 Å². The van der Waals surface area contributed by atoms with Gasteiger partial charge < -0.3 is 22.1 Å². The number of carboxylic acid groups (broad SMARTS) is 1. The molecule has 0 saturated carbocycles. The molecule has 12 heavy (non-hydrogen) atoms. The minimum atomic E-state index is -4.92. The summed E-state index contributed by atoms with van der Waals surface area (Å²) < 4.78 is 32.8. The first-order valence-electron chi connectivity index (χ1n) is 1.81. The summed E-state index contributed by atoms with van der Waals surface area (Å²) in [5.74, 6) is -0.981. The molecule has 6 nitrogen and oxygen atoms in total. The maximum atomic E-state index is 9.25. The molecule has 68 valence electrons. The summed E-state index contributed by atoms with van der Waals surface area (Å²) in [6.07, 6.45) is 0.833. The van der Waals surface area contributed by atoms with Gasteiger partial charge in [-0.2, -0.15) is 0 Å². The van der Waals surface area contributed by atoms with Crippen molar-refractivity contribution in [1.29, 1.82) is 0 Å². The van der Waals surface area contributed by atoms with Crippen LogP contribution < -0.4 is 12.4 Å². The van der Waals surface area contributed by atoms with Crippen molar-refractivity contribution in [3.8, 4) is 0 Å². The fraction of sp³-hybridized carbons (Fsp3) is 0. The molecule has 2 N–H and O–H groups in total. The molecule has 0 aliphatic rings. The van der Waals surface area contributed by atoms with E-state index >= 15 is 0 Å². The largest absolute Gasteiger partial charge is 2.00 e. The Morgan fingerprint density at radius 1 is 1.50 bits per heavy atom. The van der Waals surface area contributed by atoms with Crippen molar-refractivity contribution in [2.24, 2.45) is 0 Å². The predicted molar refractivity (Wildman–Crippen MR) is 35.9 cm³/mol. The molecule has 0 unspecified atom stereocenters. The second-order valence-corrected chi connectivity index (χ2v) is 1.83. The van der Waals surface area contributed by atoms with Gasteiger partial charge >= 0.3 is 29.0 Å². The van der Waals surface area contributed by atoms with Crippen LogP contribution in [0.1, 0.15) is 0 Å². The maximum absolute atomic E-state index is 9.25. The van der Waals surface area contributed by atoms with Gasteiger partial charge in [0.25, 0.3) is 0 Å².